The van der Waals surface area contributed by atoms with Crippen LogP contribution in [-0.4, -0.2) is 29.4 Å². The van der Waals surface area contributed by atoms with E-state index in [9.17, 15) is 18.8 Å². The lowest BCUT2D eigenvalue weighted by atomic mass is 9.95. The largest absolute Gasteiger partial charge is 0.449 e. The molecule has 0 saturated heterocycles. The lowest BCUT2D eigenvalue weighted by Gasteiger charge is -2.42. The number of hydrogen-bond acceptors (Lipinski definition) is 4. The molecule has 2 amide bonds. The van der Waals surface area contributed by atoms with Crippen molar-refractivity contribution in [2.24, 2.45) is 0 Å². The minimum atomic E-state index is -1.17. The molecule has 1 aliphatic heterocycles. The van der Waals surface area contributed by atoms with Gasteiger partial charge in [-0.2, -0.15) is 0 Å². The number of amides is 2. The molecule has 1 N–H and O–H groups in total. The first-order chi connectivity index (χ1) is 13.7. The van der Waals surface area contributed by atoms with E-state index >= 15 is 0 Å². The number of nitrogens with zero attached hydrogens (tertiary/aromatic N) is 1. The summed E-state index contributed by atoms with van der Waals surface area (Å²) < 4.78 is 18.8. The molecule has 150 valence electrons. The second-order valence-corrected chi connectivity index (χ2v) is 7.14. The number of nitrogens with one attached hydrogen (secondary N) is 1. The van der Waals surface area contributed by atoms with E-state index in [4.69, 9.17) is 4.74 Å². The maximum absolute atomic E-state index is 13.6. The van der Waals surface area contributed by atoms with Gasteiger partial charge in [0.1, 0.15) is 11.4 Å². The van der Waals surface area contributed by atoms with Crippen LogP contribution in [0.5, 0.6) is 0 Å². The van der Waals surface area contributed by atoms with Gasteiger partial charge < -0.3 is 10.1 Å². The highest BCUT2D eigenvalue weighted by atomic mass is 19.1. The van der Waals surface area contributed by atoms with E-state index in [0.717, 1.165) is 6.08 Å². The number of carbonyl (C=O) groups is 3. The Hall–Kier alpha value is -3.48. The Morgan fingerprint density at radius 3 is 2.52 bits per heavy atom. The first kappa shape index (κ1) is 20.3. The summed E-state index contributed by atoms with van der Waals surface area (Å²) in [4.78, 5) is 39.0. The first-order valence-corrected chi connectivity index (χ1v) is 9.09. The van der Waals surface area contributed by atoms with Crippen LogP contribution < -0.4 is 10.2 Å². The fourth-order valence-corrected chi connectivity index (χ4v) is 3.06. The van der Waals surface area contributed by atoms with Gasteiger partial charge in [0, 0.05) is 11.6 Å². The van der Waals surface area contributed by atoms with Crippen LogP contribution in [0.4, 0.5) is 15.8 Å². The summed E-state index contributed by atoms with van der Waals surface area (Å²) in [5, 5.41) is 2.77. The molecule has 6 nitrogen and oxygen atoms in total. The van der Waals surface area contributed by atoms with E-state index in [2.05, 4.69) is 5.32 Å². The SMILES string of the molecule is C[C@@H](OC(=O)/C=C/c1ccccc1F)C(=O)N1c2ccccc2NC(=O)C1(C)C. The second-order valence-electron chi connectivity index (χ2n) is 7.14. The summed E-state index contributed by atoms with van der Waals surface area (Å²) in [6.45, 7) is 4.66. The number of ether oxygens (including phenoxy) is 1. The number of anilines is 2. The Morgan fingerprint density at radius 1 is 1.14 bits per heavy atom. The van der Waals surface area contributed by atoms with Gasteiger partial charge in [-0.25, -0.2) is 9.18 Å². The Morgan fingerprint density at radius 2 is 1.79 bits per heavy atom. The number of esters is 1. The predicted molar refractivity (Wildman–Crippen MR) is 108 cm³/mol. The van der Waals surface area contributed by atoms with E-state index in [1.165, 1.54) is 30.0 Å². The summed E-state index contributed by atoms with van der Waals surface area (Å²) >= 11 is 0. The van der Waals surface area contributed by atoms with E-state index in [1.54, 1.807) is 50.2 Å². The smallest absolute Gasteiger partial charge is 0.331 e. The molecule has 0 aromatic heterocycles. The monoisotopic (exact) mass is 396 g/mol. The summed E-state index contributed by atoms with van der Waals surface area (Å²) in [6.07, 6.45) is 1.19. The topological polar surface area (TPSA) is 75.7 Å². The number of carbonyl (C=O) groups excluding carboxylic acids is 3. The molecule has 1 aliphatic rings. The molecule has 0 spiro atoms. The fourth-order valence-electron chi connectivity index (χ4n) is 3.06. The van der Waals surface area contributed by atoms with Gasteiger partial charge in [0.15, 0.2) is 6.10 Å². The van der Waals surface area contributed by atoms with E-state index in [0.29, 0.717) is 11.4 Å². The summed E-state index contributed by atoms with van der Waals surface area (Å²) in [7, 11) is 0. The van der Waals surface area contributed by atoms with E-state index < -0.39 is 29.3 Å². The fraction of sp³-hybridized carbons (Fsp3) is 0.227. The van der Waals surface area contributed by atoms with E-state index in [1.807, 2.05) is 0 Å². The Labute approximate surface area is 168 Å². The third-order valence-corrected chi connectivity index (χ3v) is 4.67. The molecule has 2 aromatic carbocycles. The van der Waals surface area contributed by atoms with Gasteiger partial charge >= 0.3 is 5.97 Å². The van der Waals surface area contributed by atoms with Crippen molar-refractivity contribution in [2.45, 2.75) is 32.4 Å². The number of rotatable bonds is 4. The second kappa shape index (κ2) is 7.87. The molecule has 1 heterocycles. The average Bonchev–Trinajstić information content (AvgIpc) is 2.67. The van der Waals surface area contributed by atoms with Crippen molar-refractivity contribution >= 4 is 35.2 Å². The van der Waals surface area contributed by atoms with Gasteiger partial charge in [0.25, 0.3) is 5.91 Å². The van der Waals surface area contributed by atoms with Crippen molar-refractivity contribution in [3.63, 3.8) is 0 Å². The van der Waals surface area contributed by atoms with Crippen molar-refractivity contribution in [3.05, 3.63) is 66.0 Å². The highest BCUT2D eigenvalue weighted by molar-refractivity contribution is 6.15. The Kier molecular flexibility index (Phi) is 5.50. The number of benzene rings is 2. The highest BCUT2D eigenvalue weighted by Crippen LogP contribution is 2.37. The Bertz CT molecular complexity index is 1000. The number of hydrogen-bond donors (Lipinski definition) is 1. The van der Waals surface area contributed by atoms with E-state index in [-0.39, 0.29) is 11.5 Å². The van der Waals surface area contributed by atoms with Crippen LogP contribution >= 0.6 is 0 Å². The van der Waals surface area contributed by atoms with Crippen LogP contribution in [-0.2, 0) is 19.1 Å². The lowest BCUT2D eigenvalue weighted by molar-refractivity contribution is -0.149. The van der Waals surface area contributed by atoms with Crippen molar-refractivity contribution in [1.29, 1.82) is 0 Å². The zero-order valence-electron chi connectivity index (χ0n) is 16.3. The molecule has 1 atom stereocenters. The van der Waals surface area contributed by atoms with Crippen LogP contribution in [0.15, 0.2) is 54.6 Å². The molecule has 0 fully saturated rings. The van der Waals surface area contributed by atoms with Gasteiger partial charge in [-0.1, -0.05) is 30.3 Å². The quantitative estimate of drug-likeness (QED) is 0.634. The van der Waals surface area contributed by atoms with Crippen molar-refractivity contribution in [2.75, 3.05) is 10.2 Å². The molecule has 0 aliphatic carbocycles. The first-order valence-electron chi connectivity index (χ1n) is 9.09. The third-order valence-electron chi connectivity index (χ3n) is 4.67. The molecule has 0 unspecified atom stereocenters. The molecule has 0 saturated carbocycles. The minimum Gasteiger partial charge on any atom is -0.449 e. The summed E-state index contributed by atoms with van der Waals surface area (Å²) in [5.74, 6) is -2.15. The molecule has 0 radical (unpaired) electrons. The highest BCUT2D eigenvalue weighted by Gasteiger charge is 2.45. The number of para-hydroxylation sites is 2. The molecular weight excluding hydrogens is 375 g/mol. The standard InChI is InChI=1S/C22H21FN2O4/c1-14(29-19(26)13-12-15-8-4-5-9-16(15)23)20(27)25-18-11-7-6-10-17(18)24-21(28)22(25,2)3/h4-14H,1-3H3,(H,24,28)/b13-12+/t14-/m1/s1. The van der Waals surface area contributed by atoms with Gasteiger partial charge in [0.2, 0.25) is 5.91 Å². The zero-order chi connectivity index (χ0) is 21.2. The Balaban J connectivity index is 1.78. The molecule has 0 bridgehead atoms. The van der Waals surface area contributed by atoms with Crippen LogP contribution in [0.25, 0.3) is 6.08 Å². The number of halogens is 1. The zero-order valence-corrected chi connectivity index (χ0v) is 16.3. The van der Waals surface area contributed by atoms with Crippen LogP contribution in [0.3, 0.4) is 0 Å². The normalized spacial score (nSPS) is 16.1. The molecular formula is C22H21FN2O4. The van der Waals surface area contributed by atoms with Crippen LogP contribution in [0.1, 0.15) is 26.3 Å². The summed E-state index contributed by atoms with van der Waals surface area (Å²) in [6, 6.07) is 12.9. The third kappa shape index (κ3) is 4.03. The van der Waals surface area contributed by atoms with Gasteiger partial charge in [-0.15, -0.1) is 0 Å². The maximum atomic E-state index is 13.6. The summed E-state index contributed by atoms with van der Waals surface area (Å²) in [5.41, 5.74) is 0.0796. The van der Waals surface area contributed by atoms with Gasteiger partial charge in [-0.05, 0) is 45.0 Å². The maximum Gasteiger partial charge on any atom is 0.331 e. The van der Waals surface area contributed by atoms with Crippen molar-refractivity contribution in [1.82, 2.24) is 0 Å². The lowest BCUT2D eigenvalue weighted by Crippen LogP contribution is -2.60. The minimum absolute atomic E-state index is 0.228. The van der Waals surface area contributed by atoms with Gasteiger partial charge in [-0.3, -0.25) is 14.5 Å². The van der Waals surface area contributed by atoms with Crippen LogP contribution in [0.2, 0.25) is 0 Å². The molecule has 3 rings (SSSR count). The molecule has 7 heteroatoms. The van der Waals surface area contributed by atoms with Crippen molar-refractivity contribution < 1.29 is 23.5 Å². The van der Waals surface area contributed by atoms with Gasteiger partial charge in [0.05, 0.1) is 11.4 Å². The predicted octanol–water partition coefficient (Wildman–Crippen LogP) is 3.53. The number of fused-ring (bicyclic) bond motifs is 1. The average molecular weight is 396 g/mol. The van der Waals surface area contributed by atoms with Crippen LogP contribution in [0, 0.1) is 5.82 Å². The molecule has 2 aromatic rings. The van der Waals surface area contributed by atoms with Crippen molar-refractivity contribution in [3.8, 4) is 0 Å². The molecule has 29 heavy (non-hydrogen) atoms.